The molecule has 0 saturated heterocycles. The summed E-state index contributed by atoms with van der Waals surface area (Å²) in [6.45, 7) is 7.44. The van der Waals surface area contributed by atoms with Crippen molar-refractivity contribution in [2.45, 2.75) is 32.2 Å². The summed E-state index contributed by atoms with van der Waals surface area (Å²) in [5, 5.41) is 12.4. The van der Waals surface area contributed by atoms with Crippen LogP contribution in [-0.2, 0) is 10.8 Å². The van der Waals surface area contributed by atoms with Gasteiger partial charge in [0.1, 0.15) is 0 Å². The van der Waals surface area contributed by atoms with E-state index < -0.39 is 8.32 Å². The molecular weight excluding hydrogens is 376 g/mol. The predicted molar refractivity (Wildman–Crippen MR) is 122 cm³/mol. The van der Waals surface area contributed by atoms with E-state index in [1.165, 1.54) is 10.4 Å². The van der Waals surface area contributed by atoms with E-state index in [0.717, 1.165) is 12.0 Å². The van der Waals surface area contributed by atoms with Gasteiger partial charge < -0.3 is 14.3 Å². The largest absolute Gasteiger partial charge is 0.504 e. The first-order valence-corrected chi connectivity index (χ1v) is 11.9. The second kappa shape index (κ2) is 8.85. The Morgan fingerprint density at radius 1 is 0.828 bits per heavy atom. The number of methoxy groups -OCH3 is 1. The maximum absolute atomic E-state index is 9.84. The summed E-state index contributed by atoms with van der Waals surface area (Å²) in [7, 11) is -0.949. The molecule has 3 nitrogen and oxygen atoms in total. The summed E-state index contributed by atoms with van der Waals surface area (Å²) in [5.74, 6) is 0.650. The first-order chi connectivity index (χ1) is 13.9. The summed E-state index contributed by atoms with van der Waals surface area (Å²) in [6, 6.07) is 26.8. The van der Waals surface area contributed by atoms with Crippen molar-refractivity contribution in [2.24, 2.45) is 0 Å². The van der Waals surface area contributed by atoms with Crippen LogP contribution >= 0.6 is 0 Å². The van der Waals surface area contributed by atoms with Crippen LogP contribution < -0.4 is 15.1 Å². The van der Waals surface area contributed by atoms with Gasteiger partial charge >= 0.3 is 0 Å². The molecule has 0 saturated carbocycles. The Bertz CT molecular complexity index is 878. The Kier molecular flexibility index (Phi) is 6.45. The first kappa shape index (κ1) is 21.2. The Balaban J connectivity index is 1.96. The molecule has 0 aliphatic heterocycles. The van der Waals surface area contributed by atoms with Gasteiger partial charge in [0.2, 0.25) is 0 Å². The van der Waals surface area contributed by atoms with Crippen molar-refractivity contribution in [1.82, 2.24) is 0 Å². The maximum atomic E-state index is 9.84. The van der Waals surface area contributed by atoms with Crippen molar-refractivity contribution in [2.75, 3.05) is 13.7 Å². The summed E-state index contributed by atoms with van der Waals surface area (Å²) >= 11 is 0. The SMILES string of the molecule is COc1cc(CCO[Si](c2ccccc2)(c2ccccc2)C(C)(C)C)ccc1O. The molecule has 3 rings (SSSR count). The highest BCUT2D eigenvalue weighted by atomic mass is 28.4. The molecule has 0 aliphatic rings. The molecule has 3 aromatic carbocycles. The number of phenolic OH excluding ortho intramolecular Hbond substituents is 1. The van der Waals surface area contributed by atoms with E-state index >= 15 is 0 Å². The molecule has 0 unspecified atom stereocenters. The van der Waals surface area contributed by atoms with Crippen LogP contribution in [0, 0.1) is 0 Å². The van der Waals surface area contributed by atoms with Gasteiger partial charge in [0, 0.05) is 6.61 Å². The van der Waals surface area contributed by atoms with Crippen LogP contribution in [0.3, 0.4) is 0 Å². The molecule has 0 aromatic heterocycles. The fraction of sp³-hybridized carbons (Fsp3) is 0.280. The lowest BCUT2D eigenvalue weighted by Gasteiger charge is -2.43. The van der Waals surface area contributed by atoms with Gasteiger partial charge in [0.25, 0.3) is 8.32 Å². The maximum Gasteiger partial charge on any atom is 0.261 e. The zero-order valence-corrected chi connectivity index (χ0v) is 18.7. The van der Waals surface area contributed by atoms with Crippen LogP contribution in [0.15, 0.2) is 78.9 Å². The molecule has 29 heavy (non-hydrogen) atoms. The average Bonchev–Trinajstić information content (AvgIpc) is 2.73. The van der Waals surface area contributed by atoms with Crippen molar-refractivity contribution < 1.29 is 14.3 Å². The lowest BCUT2D eigenvalue weighted by Crippen LogP contribution is -2.66. The Morgan fingerprint density at radius 2 is 1.38 bits per heavy atom. The van der Waals surface area contributed by atoms with Crippen molar-refractivity contribution >= 4 is 18.7 Å². The minimum Gasteiger partial charge on any atom is -0.504 e. The minimum atomic E-state index is -2.52. The van der Waals surface area contributed by atoms with Crippen molar-refractivity contribution in [3.05, 3.63) is 84.4 Å². The summed E-state index contributed by atoms with van der Waals surface area (Å²) in [4.78, 5) is 0. The second-order valence-corrected chi connectivity index (χ2v) is 12.6. The van der Waals surface area contributed by atoms with Gasteiger partial charge in [-0.25, -0.2) is 0 Å². The number of ether oxygens (including phenoxy) is 1. The molecule has 0 bridgehead atoms. The summed E-state index contributed by atoms with van der Waals surface area (Å²) in [5.41, 5.74) is 1.08. The molecular formula is C25H30O3Si. The van der Waals surface area contributed by atoms with E-state index in [1.807, 2.05) is 12.1 Å². The molecule has 0 heterocycles. The first-order valence-electron chi connectivity index (χ1n) is 9.99. The molecule has 4 heteroatoms. The topological polar surface area (TPSA) is 38.7 Å². The zero-order chi connectivity index (χ0) is 20.9. The summed E-state index contributed by atoms with van der Waals surface area (Å²) in [6.07, 6.45) is 0.751. The normalized spacial score (nSPS) is 12.0. The van der Waals surface area contributed by atoms with Gasteiger partial charge in [-0.15, -0.1) is 0 Å². The Labute approximate surface area is 175 Å². The van der Waals surface area contributed by atoms with E-state index in [2.05, 4.69) is 81.4 Å². The molecule has 152 valence electrons. The molecule has 0 fully saturated rings. The highest BCUT2D eigenvalue weighted by molar-refractivity contribution is 6.99. The van der Waals surface area contributed by atoms with Gasteiger partial charge in [-0.1, -0.05) is 87.5 Å². The Hall–Kier alpha value is -2.56. The molecule has 0 aliphatic carbocycles. The minimum absolute atomic E-state index is 0.0393. The molecule has 0 amide bonds. The number of aromatic hydroxyl groups is 1. The molecule has 3 aromatic rings. The van der Waals surface area contributed by atoms with Gasteiger partial charge in [-0.05, 0) is 39.5 Å². The number of hydrogen-bond donors (Lipinski definition) is 1. The monoisotopic (exact) mass is 406 g/mol. The van der Waals surface area contributed by atoms with Crippen LogP contribution in [-0.4, -0.2) is 27.1 Å². The van der Waals surface area contributed by atoms with E-state index in [1.54, 1.807) is 13.2 Å². The molecule has 0 radical (unpaired) electrons. The van der Waals surface area contributed by atoms with Gasteiger partial charge in [-0.2, -0.15) is 0 Å². The predicted octanol–water partition coefficient (Wildman–Crippen LogP) is 4.52. The number of phenols is 1. The van der Waals surface area contributed by atoms with Gasteiger partial charge in [0.15, 0.2) is 11.5 Å². The van der Waals surface area contributed by atoms with Gasteiger partial charge in [-0.3, -0.25) is 0 Å². The van der Waals surface area contributed by atoms with E-state index in [4.69, 9.17) is 9.16 Å². The number of hydrogen-bond acceptors (Lipinski definition) is 3. The van der Waals surface area contributed by atoms with Crippen molar-refractivity contribution in [3.8, 4) is 11.5 Å². The van der Waals surface area contributed by atoms with Crippen LogP contribution in [0.2, 0.25) is 5.04 Å². The third-order valence-electron chi connectivity index (χ3n) is 5.37. The quantitative estimate of drug-likeness (QED) is 0.586. The third-order valence-corrected chi connectivity index (χ3v) is 10.4. The second-order valence-electron chi connectivity index (χ2n) is 8.27. The van der Waals surface area contributed by atoms with Crippen LogP contribution in [0.25, 0.3) is 0 Å². The van der Waals surface area contributed by atoms with Crippen molar-refractivity contribution in [3.63, 3.8) is 0 Å². The van der Waals surface area contributed by atoms with Crippen LogP contribution in [0.5, 0.6) is 11.5 Å². The Morgan fingerprint density at radius 3 is 1.86 bits per heavy atom. The fourth-order valence-corrected chi connectivity index (χ4v) is 8.52. The standard InChI is InChI=1S/C25H30O3Si/c1-25(2,3)29(21-11-7-5-8-12-21,22-13-9-6-10-14-22)28-18-17-20-15-16-23(26)24(19-20)27-4/h5-16,19,26H,17-18H2,1-4H3. The van der Waals surface area contributed by atoms with Crippen molar-refractivity contribution in [1.29, 1.82) is 0 Å². The number of benzene rings is 3. The molecule has 1 N–H and O–H groups in total. The fourth-order valence-electron chi connectivity index (χ4n) is 3.96. The van der Waals surface area contributed by atoms with Crippen LogP contribution in [0.1, 0.15) is 26.3 Å². The highest BCUT2D eigenvalue weighted by Gasteiger charge is 2.49. The van der Waals surface area contributed by atoms with E-state index in [0.29, 0.717) is 12.4 Å². The zero-order valence-electron chi connectivity index (χ0n) is 17.7. The van der Waals surface area contributed by atoms with E-state index in [-0.39, 0.29) is 10.8 Å². The van der Waals surface area contributed by atoms with Crippen LogP contribution in [0.4, 0.5) is 0 Å². The van der Waals surface area contributed by atoms with E-state index in [9.17, 15) is 5.11 Å². The third kappa shape index (κ3) is 4.39. The average molecular weight is 407 g/mol. The summed E-state index contributed by atoms with van der Waals surface area (Å²) < 4.78 is 12.2. The number of rotatable bonds is 7. The molecule has 0 spiro atoms. The van der Waals surface area contributed by atoms with Gasteiger partial charge in [0.05, 0.1) is 7.11 Å². The molecule has 0 atom stereocenters. The lowest BCUT2D eigenvalue weighted by molar-refractivity contribution is 0.301. The highest BCUT2D eigenvalue weighted by Crippen LogP contribution is 2.37. The lowest BCUT2D eigenvalue weighted by atomic mass is 10.1. The smallest absolute Gasteiger partial charge is 0.261 e.